The number of carbonyl (C=O) groups is 2. The minimum atomic E-state index is -0.364. The zero-order chi connectivity index (χ0) is 22.2. The van der Waals surface area contributed by atoms with Gasteiger partial charge in [0.2, 0.25) is 0 Å². The van der Waals surface area contributed by atoms with Gasteiger partial charge in [0.05, 0.1) is 30.4 Å². The molecule has 1 aromatic heterocycles. The number of carbonyl (C=O) groups excluding carboxylic acids is 2. The van der Waals surface area contributed by atoms with E-state index in [1.165, 1.54) is 6.92 Å². The van der Waals surface area contributed by atoms with Crippen LogP contribution in [0, 0.1) is 0 Å². The number of hydrogen-bond donors (Lipinski definition) is 2. The molecule has 0 bridgehead atoms. The van der Waals surface area contributed by atoms with Gasteiger partial charge in [-0.15, -0.1) is 4.48 Å². The zero-order valence-electron chi connectivity index (χ0n) is 18.0. The number of nitrogens with zero attached hydrogens (tertiary/aromatic N) is 3. The first-order valence-electron chi connectivity index (χ1n) is 10.9. The molecule has 7 heteroatoms. The van der Waals surface area contributed by atoms with Crippen LogP contribution in [0.15, 0.2) is 67.0 Å². The number of anilines is 1. The van der Waals surface area contributed by atoms with Gasteiger partial charge in [0.25, 0.3) is 0 Å². The highest BCUT2D eigenvalue weighted by molar-refractivity contribution is 6.13. The lowest BCUT2D eigenvalue weighted by Gasteiger charge is -2.35. The molecule has 1 fully saturated rings. The lowest BCUT2D eigenvalue weighted by molar-refractivity contribution is -0.125. The van der Waals surface area contributed by atoms with E-state index >= 15 is 0 Å². The minimum absolute atomic E-state index is 0.182. The van der Waals surface area contributed by atoms with Crippen molar-refractivity contribution >= 4 is 23.3 Å². The van der Waals surface area contributed by atoms with E-state index in [-0.39, 0.29) is 21.8 Å². The number of imide groups is 1. The Morgan fingerprint density at radius 1 is 0.969 bits per heavy atom. The smallest absolute Gasteiger partial charge is 0.317 e. The number of urea groups is 1. The Labute approximate surface area is 187 Å². The highest BCUT2D eigenvalue weighted by Crippen LogP contribution is 2.50. The van der Waals surface area contributed by atoms with Gasteiger partial charge in [-0.3, -0.25) is 5.32 Å². The van der Waals surface area contributed by atoms with E-state index in [0.29, 0.717) is 18.1 Å². The Bertz CT molecular complexity index is 1160. The number of nitrogens with one attached hydrogen (secondary N) is 2. The summed E-state index contributed by atoms with van der Waals surface area (Å²) in [6, 6.07) is 17.2. The zero-order valence-corrected chi connectivity index (χ0v) is 18.0. The summed E-state index contributed by atoms with van der Waals surface area (Å²) >= 11 is 0. The highest BCUT2D eigenvalue weighted by atomic mass is 16.2. The molecule has 2 aromatic carbocycles. The molecule has 2 N–H and O–H groups in total. The Balaban J connectivity index is 1.48. The van der Waals surface area contributed by atoms with Crippen molar-refractivity contribution in [1.29, 1.82) is 0 Å². The van der Waals surface area contributed by atoms with Crippen molar-refractivity contribution in [2.24, 2.45) is 0 Å². The van der Waals surface area contributed by atoms with E-state index in [4.69, 9.17) is 0 Å². The number of amides is 3. The van der Waals surface area contributed by atoms with Crippen LogP contribution in [-0.2, 0) is 10.2 Å². The summed E-state index contributed by atoms with van der Waals surface area (Å²) in [5.74, 6) is 0.395. The van der Waals surface area contributed by atoms with Gasteiger partial charge in [-0.2, -0.15) is 0 Å². The topological polar surface area (TPSA) is 84.0 Å². The van der Waals surface area contributed by atoms with E-state index in [9.17, 15) is 9.59 Å². The maximum absolute atomic E-state index is 13.7. The molecule has 3 amide bonds. The molecule has 1 atom stereocenters. The highest BCUT2D eigenvalue weighted by Gasteiger charge is 2.60. The molecule has 7 nitrogen and oxygen atoms in total. The standard InChI is InChI=1S/C25H25N5O2/c1-18(31)30(17-25(11-13-26-14-12-25)21-9-5-6-10-22(21)30)24(32)29-20-15-27-23(28-16-20)19-7-3-2-4-8-19/h2-10,15-16,26H,11-14,17H2,1H3/p+1. The fourth-order valence-corrected chi connectivity index (χ4v) is 5.17. The summed E-state index contributed by atoms with van der Waals surface area (Å²) in [6.07, 6.45) is 4.98. The number of fused-ring (bicyclic) bond motifs is 2. The maximum atomic E-state index is 13.7. The predicted octanol–water partition coefficient (Wildman–Crippen LogP) is 3.86. The monoisotopic (exact) mass is 428 g/mol. The third-order valence-electron chi connectivity index (χ3n) is 6.81. The number of rotatable bonds is 2. The number of benzene rings is 2. The van der Waals surface area contributed by atoms with Crippen LogP contribution in [-0.4, -0.2) is 41.5 Å². The fraction of sp³-hybridized carbons (Fsp3) is 0.280. The van der Waals surface area contributed by atoms with Crippen LogP contribution in [0.25, 0.3) is 11.4 Å². The van der Waals surface area contributed by atoms with Gasteiger partial charge in [-0.25, -0.2) is 19.6 Å². The molecule has 0 aliphatic carbocycles. The molecule has 1 spiro atoms. The predicted molar refractivity (Wildman–Crippen MR) is 124 cm³/mol. The van der Waals surface area contributed by atoms with Crippen LogP contribution in [0.5, 0.6) is 0 Å². The molecular weight excluding hydrogens is 402 g/mol. The molecule has 3 aromatic rings. The largest absolute Gasteiger partial charge is 0.433 e. The van der Waals surface area contributed by atoms with Gasteiger partial charge < -0.3 is 5.32 Å². The van der Waals surface area contributed by atoms with Crippen LogP contribution >= 0.6 is 0 Å². The van der Waals surface area contributed by atoms with Crippen molar-refractivity contribution in [2.75, 3.05) is 25.0 Å². The Kier molecular flexibility index (Phi) is 5.07. The van der Waals surface area contributed by atoms with Gasteiger partial charge in [-0.1, -0.05) is 48.5 Å². The van der Waals surface area contributed by atoms with Gasteiger partial charge in [0.1, 0.15) is 6.54 Å². The average Bonchev–Trinajstić information content (AvgIpc) is 3.12. The van der Waals surface area contributed by atoms with Crippen LogP contribution in [0.4, 0.5) is 16.2 Å². The quantitative estimate of drug-likeness (QED) is 0.606. The summed E-state index contributed by atoms with van der Waals surface area (Å²) in [5, 5.41) is 6.32. The van der Waals surface area contributed by atoms with Crippen LogP contribution in [0.1, 0.15) is 25.3 Å². The number of hydrogen-bond acceptors (Lipinski definition) is 5. The normalized spacial score (nSPS) is 21.2. The first-order valence-corrected chi connectivity index (χ1v) is 10.9. The van der Waals surface area contributed by atoms with Gasteiger partial charge >= 0.3 is 11.9 Å². The van der Waals surface area contributed by atoms with Crippen molar-refractivity contribution in [3.05, 3.63) is 72.6 Å². The number of quaternary nitrogens is 1. The van der Waals surface area contributed by atoms with Crippen molar-refractivity contribution in [3.63, 3.8) is 0 Å². The lowest BCUT2D eigenvalue weighted by Crippen LogP contribution is -2.61. The van der Waals surface area contributed by atoms with Crippen molar-refractivity contribution in [2.45, 2.75) is 25.2 Å². The summed E-state index contributed by atoms with van der Waals surface area (Å²) in [5.41, 5.74) is 3.08. The van der Waals surface area contributed by atoms with E-state index in [2.05, 4.69) is 26.7 Å². The number of aromatic nitrogens is 2. The number of para-hydroxylation sites is 1. The summed E-state index contributed by atoms with van der Waals surface area (Å²) < 4.78 is -0.337. The summed E-state index contributed by atoms with van der Waals surface area (Å²) in [4.78, 5) is 35.6. The Morgan fingerprint density at radius 3 is 2.31 bits per heavy atom. The second-order valence-corrected chi connectivity index (χ2v) is 8.63. The first-order chi connectivity index (χ1) is 15.6. The van der Waals surface area contributed by atoms with E-state index in [0.717, 1.165) is 42.7 Å². The third kappa shape index (κ3) is 3.21. The molecular formula is C25H26N5O2+. The van der Waals surface area contributed by atoms with E-state index < -0.39 is 0 Å². The van der Waals surface area contributed by atoms with Gasteiger partial charge in [0.15, 0.2) is 11.5 Å². The first kappa shape index (κ1) is 20.5. The van der Waals surface area contributed by atoms with Gasteiger partial charge in [-0.05, 0) is 25.9 Å². The van der Waals surface area contributed by atoms with Crippen molar-refractivity contribution < 1.29 is 9.59 Å². The molecule has 32 heavy (non-hydrogen) atoms. The van der Waals surface area contributed by atoms with Crippen molar-refractivity contribution in [3.8, 4) is 11.4 Å². The summed E-state index contributed by atoms with van der Waals surface area (Å²) in [7, 11) is 0. The molecule has 0 radical (unpaired) electrons. The molecule has 1 saturated heterocycles. The van der Waals surface area contributed by atoms with Crippen LogP contribution in [0.3, 0.4) is 0 Å². The summed E-state index contributed by atoms with van der Waals surface area (Å²) in [6.45, 7) is 3.70. The molecule has 5 rings (SSSR count). The van der Waals surface area contributed by atoms with Gasteiger partial charge in [0, 0.05) is 17.2 Å². The second-order valence-electron chi connectivity index (χ2n) is 8.63. The van der Waals surface area contributed by atoms with E-state index in [1.54, 1.807) is 12.4 Å². The SMILES string of the molecule is CC(=O)[N+]1(C(=O)Nc2cnc(-c3ccccc3)nc2)CC2(CCNCC2)c2ccccc21. The lowest BCUT2D eigenvalue weighted by atomic mass is 9.75. The van der Waals surface area contributed by atoms with Crippen molar-refractivity contribution in [1.82, 2.24) is 19.8 Å². The third-order valence-corrected chi connectivity index (χ3v) is 6.81. The molecule has 1 unspecified atom stereocenters. The molecule has 3 heterocycles. The second kappa shape index (κ2) is 7.93. The Hall–Kier alpha value is -3.42. The van der Waals surface area contributed by atoms with Crippen LogP contribution < -0.4 is 15.1 Å². The molecule has 0 saturated carbocycles. The fourth-order valence-electron chi connectivity index (χ4n) is 5.17. The molecule has 162 valence electrons. The maximum Gasteiger partial charge on any atom is 0.433 e. The Morgan fingerprint density at radius 2 is 1.62 bits per heavy atom. The minimum Gasteiger partial charge on any atom is -0.317 e. The van der Waals surface area contributed by atoms with Crippen LogP contribution in [0.2, 0.25) is 0 Å². The average molecular weight is 429 g/mol. The number of piperidine rings is 1. The molecule has 2 aliphatic heterocycles. The van der Waals surface area contributed by atoms with E-state index in [1.807, 2.05) is 48.5 Å². The molecule has 2 aliphatic rings.